The van der Waals surface area contributed by atoms with Crippen LogP contribution in [0.15, 0.2) is 22.7 Å². The Labute approximate surface area is 119 Å². The van der Waals surface area contributed by atoms with E-state index in [-0.39, 0.29) is 0 Å². The first-order valence-corrected chi connectivity index (χ1v) is 7.64. The van der Waals surface area contributed by atoms with E-state index >= 15 is 0 Å². The van der Waals surface area contributed by atoms with Crippen LogP contribution in [0.3, 0.4) is 0 Å². The summed E-state index contributed by atoms with van der Waals surface area (Å²) in [6.07, 6.45) is 2.27. The summed E-state index contributed by atoms with van der Waals surface area (Å²) >= 11 is 3.70. The molecule has 1 aliphatic heterocycles. The van der Waals surface area contributed by atoms with E-state index in [0.29, 0.717) is 6.54 Å². The average molecular weight is 311 g/mol. The van der Waals surface area contributed by atoms with Gasteiger partial charge in [-0.2, -0.15) is 0 Å². The van der Waals surface area contributed by atoms with Crippen molar-refractivity contribution >= 4 is 21.6 Å². The number of halogens is 1. The van der Waals surface area contributed by atoms with Gasteiger partial charge in [-0.25, -0.2) is 0 Å². The van der Waals surface area contributed by atoms with E-state index in [9.17, 15) is 0 Å². The van der Waals surface area contributed by atoms with Crippen LogP contribution in [0, 0.1) is 11.8 Å². The van der Waals surface area contributed by atoms with Crippen LogP contribution < -0.4 is 10.6 Å². The molecule has 0 aromatic heterocycles. The zero-order valence-corrected chi connectivity index (χ0v) is 12.9. The van der Waals surface area contributed by atoms with Gasteiger partial charge in [0.1, 0.15) is 0 Å². The molecule has 0 bridgehead atoms. The van der Waals surface area contributed by atoms with Crippen molar-refractivity contribution in [1.29, 1.82) is 0 Å². The maximum atomic E-state index is 5.60. The molecule has 1 aromatic carbocycles. The lowest BCUT2D eigenvalue weighted by atomic mass is 9.95. The van der Waals surface area contributed by atoms with Crippen molar-refractivity contribution in [2.24, 2.45) is 17.6 Å². The Morgan fingerprint density at radius 3 is 2.78 bits per heavy atom. The molecule has 3 heteroatoms. The van der Waals surface area contributed by atoms with E-state index in [1.807, 2.05) is 0 Å². The lowest BCUT2D eigenvalue weighted by Crippen LogP contribution is -2.21. The molecule has 1 atom stereocenters. The highest BCUT2D eigenvalue weighted by Gasteiger charge is 2.25. The number of anilines is 1. The van der Waals surface area contributed by atoms with E-state index in [1.54, 1.807) is 0 Å². The Bertz CT molecular complexity index is 403. The molecule has 1 aromatic rings. The normalized spacial score (nSPS) is 19.8. The summed E-state index contributed by atoms with van der Waals surface area (Å²) < 4.78 is 1.21. The van der Waals surface area contributed by atoms with Crippen molar-refractivity contribution < 1.29 is 0 Å². The van der Waals surface area contributed by atoms with Gasteiger partial charge in [-0.15, -0.1) is 0 Å². The maximum Gasteiger partial charge on any atom is 0.0510 e. The second kappa shape index (κ2) is 6.07. The van der Waals surface area contributed by atoms with Gasteiger partial charge in [0, 0.05) is 17.6 Å². The molecule has 1 heterocycles. The van der Waals surface area contributed by atoms with Gasteiger partial charge in [0.2, 0.25) is 0 Å². The Morgan fingerprint density at radius 2 is 2.22 bits per heavy atom. The van der Waals surface area contributed by atoms with Crippen molar-refractivity contribution in [2.45, 2.75) is 26.7 Å². The summed E-state index contributed by atoms with van der Waals surface area (Å²) in [5.74, 6) is 1.62. The van der Waals surface area contributed by atoms with Gasteiger partial charge < -0.3 is 10.6 Å². The van der Waals surface area contributed by atoms with Gasteiger partial charge in [-0.1, -0.05) is 19.9 Å². The molecule has 1 fully saturated rings. The fourth-order valence-corrected chi connectivity index (χ4v) is 3.36. The molecule has 18 heavy (non-hydrogen) atoms. The highest BCUT2D eigenvalue weighted by Crippen LogP contribution is 2.33. The van der Waals surface area contributed by atoms with Crippen LogP contribution in [0.5, 0.6) is 0 Å². The number of hydrogen-bond donors (Lipinski definition) is 1. The van der Waals surface area contributed by atoms with Crippen LogP contribution in [-0.2, 0) is 6.42 Å². The molecule has 0 spiro atoms. The molecule has 2 N–H and O–H groups in total. The van der Waals surface area contributed by atoms with Crippen molar-refractivity contribution in [3.05, 3.63) is 28.2 Å². The first-order chi connectivity index (χ1) is 8.61. The first kappa shape index (κ1) is 13.9. The zero-order valence-electron chi connectivity index (χ0n) is 11.3. The summed E-state index contributed by atoms with van der Waals surface area (Å²) in [6, 6.07) is 6.65. The third-order valence-electron chi connectivity index (χ3n) is 3.95. The Balaban J connectivity index is 2.10. The molecule has 0 aliphatic carbocycles. The minimum Gasteiger partial charge on any atom is -0.370 e. The largest absolute Gasteiger partial charge is 0.370 e. The van der Waals surface area contributed by atoms with Crippen LogP contribution in [-0.4, -0.2) is 19.6 Å². The average Bonchev–Trinajstić information content (AvgIpc) is 2.79. The predicted octanol–water partition coefficient (Wildman–Crippen LogP) is 3.43. The second-order valence-electron chi connectivity index (χ2n) is 5.56. The highest BCUT2D eigenvalue weighted by atomic mass is 79.9. The smallest absolute Gasteiger partial charge is 0.0510 e. The third kappa shape index (κ3) is 3.07. The lowest BCUT2D eigenvalue weighted by Gasteiger charge is -2.22. The van der Waals surface area contributed by atoms with Crippen LogP contribution in [0.4, 0.5) is 5.69 Å². The maximum absolute atomic E-state index is 5.60. The van der Waals surface area contributed by atoms with Gasteiger partial charge in [-0.05, 0) is 64.8 Å². The topological polar surface area (TPSA) is 29.3 Å². The molecule has 2 nitrogen and oxygen atoms in total. The molecule has 100 valence electrons. The van der Waals surface area contributed by atoms with Crippen LogP contribution >= 0.6 is 15.9 Å². The van der Waals surface area contributed by atoms with Crippen LogP contribution in [0.2, 0.25) is 0 Å². The molecule has 1 unspecified atom stereocenters. The van der Waals surface area contributed by atoms with E-state index in [1.165, 1.54) is 35.2 Å². The SMILES string of the molecule is CC(C)C1CCN(c2ccc(CCN)cc2Br)C1. The Morgan fingerprint density at radius 1 is 1.44 bits per heavy atom. The molecular weight excluding hydrogens is 288 g/mol. The molecule has 0 amide bonds. The van der Waals surface area contributed by atoms with Crippen molar-refractivity contribution in [2.75, 3.05) is 24.5 Å². The number of hydrogen-bond acceptors (Lipinski definition) is 2. The van der Waals surface area contributed by atoms with E-state index < -0.39 is 0 Å². The lowest BCUT2D eigenvalue weighted by molar-refractivity contribution is 0.423. The van der Waals surface area contributed by atoms with E-state index in [2.05, 4.69) is 52.9 Å². The van der Waals surface area contributed by atoms with E-state index in [4.69, 9.17) is 5.73 Å². The zero-order chi connectivity index (χ0) is 13.1. The number of benzene rings is 1. The monoisotopic (exact) mass is 310 g/mol. The minimum atomic E-state index is 0.713. The summed E-state index contributed by atoms with van der Waals surface area (Å²) in [6.45, 7) is 7.73. The number of nitrogens with zero attached hydrogens (tertiary/aromatic N) is 1. The van der Waals surface area contributed by atoms with Crippen molar-refractivity contribution in [3.8, 4) is 0 Å². The van der Waals surface area contributed by atoms with Gasteiger partial charge >= 0.3 is 0 Å². The van der Waals surface area contributed by atoms with Crippen molar-refractivity contribution in [3.63, 3.8) is 0 Å². The standard InChI is InChI=1S/C15H23BrN2/c1-11(2)13-6-8-18(10-13)15-4-3-12(5-7-17)9-14(15)16/h3-4,9,11,13H,5-8,10,17H2,1-2H3. The van der Waals surface area contributed by atoms with Crippen molar-refractivity contribution in [1.82, 2.24) is 0 Å². The van der Waals surface area contributed by atoms with Gasteiger partial charge in [0.25, 0.3) is 0 Å². The van der Waals surface area contributed by atoms with E-state index in [0.717, 1.165) is 18.3 Å². The minimum absolute atomic E-state index is 0.713. The first-order valence-electron chi connectivity index (χ1n) is 6.85. The third-order valence-corrected chi connectivity index (χ3v) is 4.59. The number of nitrogens with two attached hydrogens (primary N) is 1. The summed E-state index contributed by atoms with van der Waals surface area (Å²) in [5, 5.41) is 0. The summed E-state index contributed by atoms with van der Waals surface area (Å²) in [4.78, 5) is 2.50. The Kier molecular flexibility index (Phi) is 4.68. The second-order valence-corrected chi connectivity index (χ2v) is 6.42. The summed E-state index contributed by atoms with van der Waals surface area (Å²) in [7, 11) is 0. The van der Waals surface area contributed by atoms with Gasteiger partial charge in [0.15, 0.2) is 0 Å². The quantitative estimate of drug-likeness (QED) is 0.923. The molecule has 0 saturated carbocycles. The molecule has 1 saturated heterocycles. The molecular formula is C15H23BrN2. The fourth-order valence-electron chi connectivity index (χ4n) is 2.68. The summed E-state index contributed by atoms with van der Waals surface area (Å²) in [5.41, 5.74) is 8.24. The predicted molar refractivity (Wildman–Crippen MR) is 82.1 cm³/mol. The molecule has 0 radical (unpaired) electrons. The van der Waals surface area contributed by atoms with Gasteiger partial charge in [0.05, 0.1) is 5.69 Å². The van der Waals surface area contributed by atoms with Gasteiger partial charge in [-0.3, -0.25) is 0 Å². The van der Waals surface area contributed by atoms with Crippen LogP contribution in [0.25, 0.3) is 0 Å². The molecule has 2 rings (SSSR count). The number of rotatable bonds is 4. The Hall–Kier alpha value is -0.540. The molecule has 1 aliphatic rings. The van der Waals surface area contributed by atoms with Crippen LogP contribution in [0.1, 0.15) is 25.8 Å². The highest BCUT2D eigenvalue weighted by molar-refractivity contribution is 9.10. The fraction of sp³-hybridized carbons (Fsp3) is 0.600.